The van der Waals surface area contributed by atoms with Gasteiger partial charge >= 0.3 is 0 Å². The average molecular weight is 387 g/mol. The minimum absolute atomic E-state index is 0.272. The number of rotatable bonds is 5. The number of halogens is 2. The van der Waals surface area contributed by atoms with Crippen molar-refractivity contribution in [2.75, 3.05) is 13.7 Å². The van der Waals surface area contributed by atoms with Gasteiger partial charge < -0.3 is 4.74 Å². The van der Waals surface area contributed by atoms with Crippen LogP contribution in [-0.2, 0) is 20.3 Å². The van der Waals surface area contributed by atoms with Gasteiger partial charge in [-0.3, -0.25) is 4.57 Å². The van der Waals surface area contributed by atoms with E-state index in [1.165, 1.54) is 23.0 Å². The largest absolute Gasteiger partial charge is 0.383 e. The Kier molecular flexibility index (Phi) is 4.62. The van der Waals surface area contributed by atoms with Crippen LogP contribution in [-0.4, -0.2) is 36.9 Å². The van der Waals surface area contributed by atoms with E-state index in [1.807, 2.05) is 12.1 Å². The Morgan fingerprint density at radius 2 is 2.21 bits per heavy atom. The van der Waals surface area contributed by atoms with E-state index in [1.54, 1.807) is 0 Å². The standard InChI is InChI=1S/C9H9BrClN3O3S2/c1-17-5-4-14-8(6-2-3-7(10)18-6)12-13-9(14)19(11,15)16/h2-3H,4-5H2,1H3. The van der Waals surface area contributed by atoms with Crippen molar-refractivity contribution in [3.63, 3.8) is 0 Å². The molecule has 10 heteroatoms. The summed E-state index contributed by atoms with van der Waals surface area (Å²) in [6, 6.07) is 3.68. The Hall–Kier alpha value is -0.480. The lowest BCUT2D eigenvalue weighted by Crippen LogP contribution is -2.11. The average Bonchev–Trinajstić information content (AvgIpc) is 2.91. The molecule has 0 bridgehead atoms. The van der Waals surface area contributed by atoms with E-state index in [-0.39, 0.29) is 5.16 Å². The van der Waals surface area contributed by atoms with Gasteiger partial charge in [0.15, 0.2) is 5.82 Å². The molecule has 0 unspecified atom stereocenters. The van der Waals surface area contributed by atoms with Crippen LogP contribution in [0.2, 0.25) is 0 Å². The smallest absolute Gasteiger partial charge is 0.296 e. The fourth-order valence-electron chi connectivity index (χ4n) is 1.47. The summed E-state index contributed by atoms with van der Waals surface area (Å²) in [5.74, 6) is 0.451. The first-order chi connectivity index (χ1) is 8.93. The molecule has 0 aliphatic carbocycles. The van der Waals surface area contributed by atoms with E-state index in [2.05, 4.69) is 26.1 Å². The molecule has 2 heterocycles. The Morgan fingerprint density at radius 3 is 2.74 bits per heavy atom. The summed E-state index contributed by atoms with van der Waals surface area (Å²) in [4.78, 5) is 0.794. The summed E-state index contributed by atoms with van der Waals surface area (Å²) in [5.41, 5.74) is 0. The highest BCUT2D eigenvalue weighted by Crippen LogP contribution is 2.31. The van der Waals surface area contributed by atoms with Crippen molar-refractivity contribution >= 4 is 47.0 Å². The topological polar surface area (TPSA) is 74.1 Å². The van der Waals surface area contributed by atoms with E-state index in [0.29, 0.717) is 19.0 Å². The van der Waals surface area contributed by atoms with Crippen LogP contribution < -0.4 is 0 Å². The summed E-state index contributed by atoms with van der Waals surface area (Å²) in [5, 5.41) is 7.28. The zero-order chi connectivity index (χ0) is 14.0. The SMILES string of the molecule is COCCn1c(-c2ccc(Br)s2)nnc1S(=O)(=O)Cl. The first-order valence-corrected chi connectivity index (χ1v) is 8.98. The van der Waals surface area contributed by atoms with E-state index in [9.17, 15) is 8.42 Å². The molecule has 0 saturated heterocycles. The van der Waals surface area contributed by atoms with Crippen molar-refractivity contribution in [2.45, 2.75) is 11.7 Å². The number of methoxy groups -OCH3 is 1. The van der Waals surface area contributed by atoms with E-state index < -0.39 is 9.05 Å². The fourth-order valence-corrected chi connectivity index (χ4v) is 3.77. The molecule has 0 aliphatic rings. The molecular formula is C9H9BrClN3O3S2. The van der Waals surface area contributed by atoms with Crippen LogP contribution >= 0.6 is 37.9 Å². The van der Waals surface area contributed by atoms with Crippen LogP contribution in [0.15, 0.2) is 21.1 Å². The quantitative estimate of drug-likeness (QED) is 0.737. The maximum absolute atomic E-state index is 11.5. The maximum atomic E-state index is 11.5. The molecule has 0 aromatic carbocycles. The van der Waals surface area contributed by atoms with Gasteiger partial charge in [-0.25, -0.2) is 8.42 Å². The van der Waals surface area contributed by atoms with Gasteiger partial charge in [0.2, 0.25) is 0 Å². The van der Waals surface area contributed by atoms with Crippen molar-refractivity contribution < 1.29 is 13.2 Å². The molecule has 19 heavy (non-hydrogen) atoms. The minimum Gasteiger partial charge on any atom is -0.383 e. The van der Waals surface area contributed by atoms with Crippen molar-refractivity contribution in [2.24, 2.45) is 0 Å². The van der Waals surface area contributed by atoms with E-state index in [4.69, 9.17) is 15.4 Å². The van der Waals surface area contributed by atoms with Gasteiger partial charge in [0, 0.05) is 17.8 Å². The third-order valence-corrected chi connectivity index (χ3v) is 5.02. The van der Waals surface area contributed by atoms with Gasteiger partial charge in [-0.05, 0) is 28.1 Å². The summed E-state index contributed by atoms with van der Waals surface area (Å²) >= 11 is 4.77. The van der Waals surface area contributed by atoms with Crippen LogP contribution in [0, 0.1) is 0 Å². The normalized spacial score (nSPS) is 11.9. The molecule has 2 aromatic rings. The Labute approximate surface area is 126 Å². The highest BCUT2D eigenvalue weighted by atomic mass is 79.9. The summed E-state index contributed by atoms with van der Waals surface area (Å²) < 4.78 is 30.2. The molecule has 0 amide bonds. The molecule has 0 saturated carbocycles. The molecule has 0 atom stereocenters. The predicted molar refractivity (Wildman–Crippen MR) is 75.9 cm³/mol. The first-order valence-electron chi connectivity index (χ1n) is 5.06. The molecular weight excluding hydrogens is 378 g/mol. The number of hydrogen-bond acceptors (Lipinski definition) is 6. The van der Waals surface area contributed by atoms with Crippen molar-refractivity contribution in [1.82, 2.24) is 14.8 Å². The van der Waals surface area contributed by atoms with Crippen LogP contribution in [0.25, 0.3) is 10.7 Å². The number of aromatic nitrogens is 3. The Bertz CT molecular complexity index is 683. The van der Waals surface area contributed by atoms with Gasteiger partial charge in [0.1, 0.15) is 0 Å². The third kappa shape index (κ3) is 3.34. The summed E-state index contributed by atoms with van der Waals surface area (Å²) in [6.07, 6.45) is 0. The van der Waals surface area contributed by atoms with Crippen molar-refractivity contribution in [3.8, 4) is 10.7 Å². The molecule has 0 spiro atoms. The number of thiophene rings is 1. The third-order valence-electron chi connectivity index (χ3n) is 2.25. The van der Waals surface area contributed by atoms with Crippen molar-refractivity contribution in [1.29, 1.82) is 0 Å². The van der Waals surface area contributed by atoms with Gasteiger partial charge in [0.05, 0.1) is 21.8 Å². The molecule has 0 fully saturated rings. The lowest BCUT2D eigenvalue weighted by Gasteiger charge is -2.06. The summed E-state index contributed by atoms with van der Waals surface area (Å²) in [6.45, 7) is 0.632. The molecule has 104 valence electrons. The molecule has 0 radical (unpaired) electrons. The molecule has 2 aromatic heterocycles. The lowest BCUT2D eigenvalue weighted by molar-refractivity contribution is 0.185. The lowest BCUT2D eigenvalue weighted by atomic mass is 10.4. The van der Waals surface area contributed by atoms with Gasteiger partial charge in [-0.15, -0.1) is 21.5 Å². The Balaban J connectivity index is 2.52. The Morgan fingerprint density at radius 1 is 1.47 bits per heavy atom. The monoisotopic (exact) mass is 385 g/mol. The second-order valence-electron chi connectivity index (χ2n) is 3.49. The second kappa shape index (κ2) is 5.88. The zero-order valence-electron chi connectivity index (χ0n) is 9.71. The predicted octanol–water partition coefficient (Wildman–Crippen LogP) is 2.34. The number of nitrogens with zero attached hydrogens (tertiary/aromatic N) is 3. The fraction of sp³-hybridized carbons (Fsp3) is 0.333. The zero-order valence-corrected chi connectivity index (χ0v) is 13.7. The summed E-state index contributed by atoms with van der Waals surface area (Å²) in [7, 11) is 2.93. The number of ether oxygens (including phenoxy) is 1. The highest BCUT2D eigenvalue weighted by molar-refractivity contribution is 9.11. The molecule has 6 nitrogen and oxygen atoms in total. The van der Waals surface area contributed by atoms with Crippen molar-refractivity contribution in [3.05, 3.63) is 15.9 Å². The molecule has 2 rings (SSSR count). The van der Waals surface area contributed by atoms with Gasteiger partial charge in [-0.1, -0.05) is 0 Å². The van der Waals surface area contributed by atoms with Crippen LogP contribution in [0.5, 0.6) is 0 Å². The molecule has 0 aliphatic heterocycles. The maximum Gasteiger partial charge on any atom is 0.296 e. The number of hydrogen-bond donors (Lipinski definition) is 0. The minimum atomic E-state index is -3.95. The van der Waals surface area contributed by atoms with Crippen LogP contribution in [0.4, 0.5) is 0 Å². The second-order valence-corrected chi connectivity index (χ2v) is 8.41. The highest BCUT2D eigenvalue weighted by Gasteiger charge is 2.23. The van der Waals surface area contributed by atoms with Gasteiger partial charge in [-0.2, -0.15) is 0 Å². The first kappa shape index (κ1) is 14.9. The van der Waals surface area contributed by atoms with Crippen LogP contribution in [0.1, 0.15) is 0 Å². The van der Waals surface area contributed by atoms with E-state index in [0.717, 1.165) is 8.66 Å². The molecule has 0 N–H and O–H groups in total. The van der Waals surface area contributed by atoms with E-state index >= 15 is 0 Å². The van der Waals surface area contributed by atoms with Gasteiger partial charge in [0.25, 0.3) is 14.2 Å². The van der Waals surface area contributed by atoms with Crippen LogP contribution in [0.3, 0.4) is 0 Å².